The summed E-state index contributed by atoms with van der Waals surface area (Å²) in [6.45, 7) is 4.00. The number of rotatable bonds is 0. The Labute approximate surface area is 67.0 Å². The van der Waals surface area contributed by atoms with E-state index >= 15 is 0 Å². The summed E-state index contributed by atoms with van der Waals surface area (Å²) < 4.78 is 5.17. The molecular formula is C10H14O. The van der Waals surface area contributed by atoms with Gasteiger partial charge in [0.15, 0.2) is 0 Å². The number of fused-ring (bicyclic) bond motifs is 1. The van der Waals surface area contributed by atoms with E-state index in [1.807, 2.05) is 19.9 Å². The van der Waals surface area contributed by atoms with Gasteiger partial charge in [-0.2, -0.15) is 0 Å². The Morgan fingerprint density at radius 1 is 1.18 bits per heavy atom. The summed E-state index contributed by atoms with van der Waals surface area (Å²) in [5.74, 6) is 0. The van der Waals surface area contributed by atoms with Crippen molar-refractivity contribution in [1.82, 2.24) is 0 Å². The Hall–Kier alpha value is -0.980. The molecule has 60 valence electrons. The quantitative estimate of drug-likeness (QED) is 0.548. The first-order valence-corrected chi connectivity index (χ1v) is 4.21. The molecule has 1 aliphatic carbocycles. The van der Waals surface area contributed by atoms with Crippen LogP contribution in [0.25, 0.3) is 12.2 Å². The van der Waals surface area contributed by atoms with Crippen LogP contribution in [0.3, 0.4) is 0 Å². The second-order valence-electron chi connectivity index (χ2n) is 2.23. The smallest absolute Gasteiger partial charge is 0.129 e. The maximum absolute atomic E-state index is 5.17. The SMILES string of the molecule is C1=c2ccoc2=CCC1.CC. The van der Waals surface area contributed by atoms with E-state index in [2.05, 4.69) is 12.2 Å². The minimum absolute atomic E-state index is 1.04. The average Bonchev–Trinajstić information content (AvgIpc) is 2.55. The van der Waals surface area contributed by atoms with Gasteiger partial charge in [-0.05, 0) is 25.0 Å². The highest BCUT2D eigenvalue weighted by molar-refractivity contribution is 5.34. The monoisotopic (exact) mass is 150 g/mol. The molecule has 0 saturated carbocycles. The Balaban J connectivity index is 0.000000281. The number of hydrogen-bond donors (Lipinski definition) is 0. The molecular weight excluding hydrogens is 136 g/mol. The Bertz CT molecular complexity index is 275. The molecule has 1 aliphatic rings. The molecule has 1 heterocycles. The van der Waals surface area contributed by atoms with Crippen molar-refractivity contribution in [1.29, 1.82) is 0 Å². The predicted octanol–water partition coefficient (Wildman–Crippen LogP) is 1.66. The first-order valence-electron chi connectivity index (χ1n) is 4.21. The largest absolute Gasteiger partial charge is 0.465 e. The molecule has 0 fully saturated rings. The summed E-state index contributed by atoms with van der Waals surface area (Å²) in [6.07, 6.45) is 8.37. The summed E-state index contributed by atoms with van der Waals surface area (Å²) in [5.41, 5.74) is 1.04. The molecule has 0 unspecified atom stereocenters. The van der Waals surface area contributed by atoms with Gasteiger partial charge in [-0.25, -0.2) is 0 Å². The fourth-order valence-electron chi connectivity index (χ4n) is 1.12. The van der Waals surface area contributed by atoms with Crippen molar-refractivity contribution in [2.24, 2.45) is 0 Å². The molecule has 1 aromatic rings. The molecule has 0 N–H and O–H groups in total. The fourth-order valence-corrected chi connectivity index (χ4v) is 1.12. The van der Waals surface area contributed by atoms with E-state index in [-0.39, 0.29) is 0 Å². The van der Waals surface area contributed by atoms with E-state index in [0.717, 1.165) is 18.3 Å². The summed E-state index contributed by atoms with van der Waals surface area (Å²) in [7, 11) is 0. The minimum atomic E-state index is 1.04. The predicted molar refractivity (Wildman–Crippen MR) is 47.5 cm³/mol. The van der Waals surface area contributed by atoms with Crippen molar-refractivity contribution in [3.05, 3.63) is 23.0 Å². The van der Waals surface area contributed by atoms with Gasteiger partial charge in [-0.1, -0.05) is 19.9 Å². The molecule has 0 amide bonds. The highest BCUT2D eigenvalue weighted by Gasteiger charge is 1.92. The van der Waals surface area contributed by atoms with Crippen molar-refractivity contribution in [3.8, 4) is 0 Å². The highest BCUT2D eigenvalue weighted by Crippen LogP contribution is 1.93. The van der Waals surface area contributed by atoms with Crippen LogP contribution in [0.5, 0.6) is 0 Å². The lowest BCUT2D eigenvalue weighted by atomic mass is 10.2. The van der Waals surface area contributed by atoms with Gasteiger partial charge < -0.3 is 4.42 Å². The summed E-state index contributed by atoms with van der Waals surface area (Å²) in [5, 5.41) is 1.25. The molecule has 0 spiro atoms. The van der Waals surface area contributed by atoms with Crippen LogP contribution < -0.4 is 10.6 Å². The van der Waals surface area contributed by atoms with Gasteiger partial charge in [0.05, 0.1) is 6.26 Å². The lowest BCUT2D eigenvalue weighted by molar-refractivity contribution is 0.528. The summed E-state index contributed by atoms with van der Waals surface area (Å²) in [4.78, 5) is 0. The van der Waals surface area contributed by atoms with Crippen LogP contribution >= 0.6 is 0 Å². The normalized spacial score (nSPS) is 13.3. The van der Waals surface area contributed by atoms with Gasteiger partial charge in [-0.3, -0.25) is 0 Å². The Morgan fingerprint density at radius 2 is 1.91 bits per heavy atom. The van der Waals surface area contributed by atoms with Crippen molar-refractivity contribution < 1.29 is 4.42 Å². The highest BCUT2D eigenvalue weighted by atomic mass is 16.3. The standard InChI is InChI=1S/C8H8O.C2H6/c1-2-4-8-7(3-1)5-6-9-8;1-2/h3-6H,1-2H2;1-2H3. The maximum Gasteiger partial charge on any atom is 0.129 e. The summed E-state index contributed by atoms with van der Waals surface area (Å²) in [6, 6.07) is 2.00. The lowest BCUT2D eigenvalue weighted by Gasteiger charge is -1.89. The Kier molecular flexibility index (Phi) is 2.96. The average molecular weight is 150 g/mol. The van der Waals surface area contributed by atoms with Gasteiger partial charge in [0.1, 0.15) is 5.42 Å². The van der Waals surface area contributed by atoms with Crippen molar-refractivity contribution in [2.75, 3.05) is 0 Å². The third-order valence-electron chi connectivity index (χ3n) is 1.59. The van der Waals surface area contributed by atoms with Crippen LogP contribution in [0.1, 0.15) is 26.7 Å². The molecule has 1 aromatic heterocycles. The zero-order valence-corrected chi connectivity index (χ0v) is 7.13. The van der Waals surface area contributed by atoms with Gasteiger partial charge >= 0.3 is 0 Å². The van der Waals surface area contributed by atoms with E-state index in [4.69, 9.17) is 4.42 Å². The van der Waals surface area contributed by atoms with Gasteiger partial charge in [0, 0.05) is 5.22 Å². The number of furan rings is 1. The third kappa shape index (κ3) is 1.73. The second kappa shape index (κ2) is 4.02. The molecule has 0 aliphatic heterocycles. The van der Waals surface area contributed by atoms with Crippen LogP contribution in [-0.4, -0.2) is 0 Å². The second-order valence-corrected chi connectivity index (χ2v) is 2.23. The van der Waals surface area contributed by atoms with E-state index in [9.17, 15) is 0 Å². The molecule has 2 rings (SSSR count). The van der Waals surface area contributed by atoms with Gasteiger partial charge in [0.25, 0.3) is 0 Å². The first kappa shape index (κ1) is 8.12. The van der Waals surface area contributed by atoms with Crippen LogP contribution in [0.15, 0.2) is 16.7 Å². The fraction of sp³-hybridized carbons (Fsp3) is 0.400. The van der Waals surface area contributed by atoms with Crippen LogP contribution in [-0.2, 0) is 0 Å². The van der Waals surface area contributed by atoms with E-state index in [1.165, 1.54) is 5.22 Å². The third-order valence-corrected chi connectivity index (χ3v) is 1.59. The zero-order valence-electron chi connectivity index (χ0n) is 7.13. The maximum atomic E-state index is 5.17. The lowest BCUT2D eigenvalue weighted by Crippen LogP contribution is -2.21. The molecule has 0 radical (unpaired) electrons. The van der Waals surface area contributed by atoms with Crippen LogP contribution in [0, 0.1) is 0 Å². The summed E-state index contributed by atoms with van der Waals surface area (Å²) >= 11 is 0. The molecule has 1 nitrogen and oxygen atoms in total. The van der Waals surface area contributed by atoms with Crippen molar-refractivity contribution in [2.45, 2.75) is 26.7 Å². The molecule has 0 bridgehead atoms. The van der Waals surface area contributed by atoms with Crippen molar-refractivity contribution in [3.63, 3.8) is 0 Å². The molecule has 11 heavy (non-hydrogen) atoms. The van der Waals surface area contributed by atoms with Gasteiger partial charge in [-0.15, -0.1) is 0 Å². The Morgan fingerprint density at radius 3 is 2.64 bits per heavy atom. The molecule has 0 saturated heterocycles. The molecule has 0 aromatic carbocycles. The zero-order chi connectivity index (χ0) is 8.10. The van der Waals surface area contributed by atoms with E-state index < -0.39 is 0 Å². The number of hydrogen-bond acceptors (Lipinski definition) is 1. The van der Waals surface area contributed by atoms with E-state index in [0.29, 0.717) is 0 Å². The first-order chi connectivity index (χ1) is 5.47. The van der Waals surface area contributed by atoms with E-state index in [1.54, 1.807) is 6.26 Å². The van der Waals surface area contributed by atoms with Gasteiger partial charge in [0.2, 0.25) is 0 Å². The molecule has 0 atom stereocenters. The van der Waals surface area contributed by atoms with Crippen molar-refractivity contribution >= 4 is 12.2 Å². The van der Waals surface area contributed by atoms with Crippen LogP contribution in [0.2, 0.25) is 0 Å². The minimum Gasteiger partial charge on any atom is -0.465 e. The topological polar surface area (TPSA) is 13.1 Å². The molecule has 1 heteroatoms. The van der Waals surface area contributed by atoms with Crippen LogP contribution in [0.4, 0.5) is 0 Å².